The third kappa shape index (κ3) is 9.19. The van der Waals surface area contributed by atoms with Gasteiger partial charge < -0.3 is 18.9 Å². The Labute approximate surface area is 552 Å². The molecule has 5 nitrogen and oxygen atoms in total. The normalized spacial score (nSPS) is 14.4. The van der Waals surface area contributed by atoms with Crippen LogP contribution in [-0.4, -0.2) is 15.8 Å². The Morgan fingerprint density at radius 3 is 1.45 bits per heavy atom. The predicted molar refractivity (Wildman–Crippen MR) is 391 cm³/mol. The molecule has 2 aromatic heterocycles. The minimum absolute atomic E-state index is 0.0700. The number of hydrogen-bond acceptors (Lipinski definition) is 3. The molecule has 14 aromatic rings. The van der Waals surface area contributed by atoms with Crippen molar-refractivity contribution in [3.05, 3.63) is 282 Å². The second-order valence-electron chi connectivity index (χ2n) is 28.0. The Morgan fingerprint density at radius 2 is 0.870 bits per heavy atom. The van der Waals surface area contributed by atoms with Crippen LogP contribution in [0.4, 0.5) is 34.1 Å². The highest BCUT2D eigenvalue weighted by atomic mass is 15.2. The van der Waals surface area contributed by atoms with Crippen LogP contribution < -0.4 is 26.2 Å². The van der Waals surface area contributed by atoms with Gasteiger partial charge in [-0.15, -0.1) is 0 Å². The van der Waals surface area contributed by atoms with E-state index in [1.165, 1.54) is 11.1 Å². The molecule has 0 N–H and O–H groups in total. The molecule has 6 heteroatoms. The maximum atomic E-state index is 11.7. The summed E-state index contributed by atoms with van der Waals surface area (Å²) < 4.78 is 75.1. The van der Waals surface area contributed by atoms with Crippen molar-refractivity contribution in [1.82, 2.24) is 9.13 Å². The van der Waals surface area contributed by atoms with Crippen molar-refractivity contribution in [3.63, 3.8) is 0 Å². The van der Waals surface area contributed by atoms with Gasteiger partial charge in [-0.1, -0.05) is 219 Å². The number of anilines is 6. The lowest BCUT2D eigenvalue weighted by Crippen LogP contribution is -2.61. The summed E-state index contributed by atoms with van der Waals surface area (Å²) in [6.07, 6.45) is 0. The van der Waals surface area contributed by atoms with E-state index in [1.54, 1.807) is 12.1 Å². The van der Waals surface area contributed by atoms with Crippen LogP contribution in [0.5, 0.6) is 0 Å². The average Bonchev–Trinajstić information content (AvgIpc) is 0.827. The lowest BCUT2D eigenvalue weighted by molar-refractivity contribution is 0.590. The number of nitriles is 1. The molecule has 0 saturated heterocycles. The number of nitrogens with zero attached hydrogens (tertiary/aromatic N) is 5. The molecule has 0 unspecified atom stereocenters. The van der Waals surface area contributed by atoms with E-state index in [0.29, 0.717) is 22.5 Å². The van der Waals surface area contributed by atoms with Crippen LogP contribution in [0, 0.1) is 18.2 Å². The Hall–Kier alpha value is -10.6. The van der Waals surface area contributed by atoms with Crippen molar-refractivity contribution < 1.29 is 11.0 Å². The van der Waals surface area contributed by atoms with Crippen molar-refractivity contribution in [1.29, 1.82) is 5.26 Å². The van der Waals surface area contributed by atoms with Crippen LogP contribution in [0.15, 0.2) is 255 Å². The fourth-order valence-corrected chi connectivity index (χ4v) is 14.4. The van der Waals surface area contributed by atoms with Gasteiger partial charge in [0.15, 0.2) is 0 Å². The maximum absolute atomic E-state index is 11.7. The molecule has 0 radical (unpaired) electrons. The average molecular weight is 1190 g/mol. The topological polar surface area (TPSA) is 40.1 Å². The SMILES string of the molecule is [2H]c1c([2H])c([2H])c(-c2ccc3c(c2)N(c2cc(-n4c5ccccc5c5ccccc54)ccc2C#N)c2cc(C(C)(C)C)cc4c2B3c2ccc(-n3c5ccc(C(C)(C)C)cc5c5cc(C(C)(C)C)ccc53)cc2N4c2cc(-c3ccccc3)cc(-c3ccc(C([2H])([2H])[2H])cc3)c2)c([2H])c1[2H]. The molecule has 4 heterocycles. The van der Waals surface area contributed by atoms with Gasteiger partial charge in [0.1, 0.15) is 6.07 Å². The van der Waals surface area contributed by atoms with Gasteiger partial charge in [0.25, 0.3) is 6.71 Å². The van der Waals surface area contributed by atoms with Crippen LogP contribution in [0.2, 0.25) is 0 Å². The van der Waals surface area contributed by atoms with Crippen LogP contribution in [-0.2, 0) is 16.2 Å². The monoisotopic (exact) mass is 1190 g/mol. The summed E-state index contributed by atoms with van der Waals surface area (Å²) in [6, 6.07) is 78.8. The number of fused-ring (bicyclic) bond motifs is 10. The fourth-order valence-electron chi connectivity index (χ4n) is 14.4. The molecule has 0 saturated carbocycles. The van der Waals surface area contributed by atoms with Crippen LogP contribution in [0.1, 0.15) is 101 Å². The van der Waals surface area contributed by atoms with E-state index in [-0.39, 0.29) is 34.0 Å². The van der Waals surface area contributed by atoms with Gasteiger partial charge in [-0.25, -0.2) is 0 Å². The van der Waals surface area contributed by atoms with Gasteiger partial charge in [0, 0.05) is 65.5 Å². The molecule has 12 aromatic carbocycles. The third-order valence-corrected chi connectivity index (χ3v) is 19.1. The van der Waals surface area contributed by atoms with Gasteiger partial charge in [0.05, 0.1) is 40.2 Å². The van der Waals surface area contributed by atoms with Crippen LogP contribution >= 0.6 is 0 Å². The summed E-state index contributed by atoms with van der Waals surface area (Å²) in [5.74, 6) is 0. The van der Waals surface area contributed by atoms with Crippen LogP contribution in [0.3, 0.4) is 0 Å². The van der Waals surface area contributed by atoms with E-state index in [4.69, 9.17) is 8.22 Å². The predicted octanol–water partition coefficient (Wildman–Crippen LogP) is 21.0. The second-order valence-corrected chi connectivity index (χ2v) is 28.0. The number of aryl methyl sites for hydroxylation is 1. The van der Waals surface area contributed by atoms with Crippen molar-refractivity contribution >= 4 is 101 Å². The quantitative estimate of drug-likeness (QED) is 0.149. The summed E-state index contributed by atoms with van der Waals surface area (Å²) in [7, 11) is 0. The Morgan fingerprint density at radius 1 is 0.370 bits per heavy atom. The van der Waals surface area contributed by atoms with Crippen LogP contribution in [0.25, 0.3) is 88.4 Å². The van der Waals surface area contributed by atoms with Crippen molar-refractivity contribution in [2.24, 2.45) is 0 Å². The highest BCUT2D eigenvalue weighted by Gasteiger charge is 2.45. The maximum Gasteiger partial charge on any atom is 0.252 e. The molecular weight excluding hydrogens is 1110 g/mol. The lowest BCUT2D eigenvalue weighted by atomic mass is 9.33. The summed E-state index contributed by atoms with van der Waals surface area (Å²) in [6.45, 7) is 17.4. The smallest absolute Gasteiger partial charge is 0.252 e. The largest absolute Gasteiger partial charge is 0.311 e. The van der Waals surface area contributed by atoms with E-state index in [0.717, 1.165) is 122 Å². The Bertz CT molecular complexity index is 5670. The highest BCUT2D eigenvalue weighted by molar-refractivity contribution is 7.00. The molecule has 444 valence electrons. The van der Waals surface area contributed by atoms with E-state index < -0.39 is 37.1 Å². The molecule has 0 spiro atoms. The molecule has 0 atom stereocenters. The first-order chi connectivity index (χ1) is 47.7. The van der Waals surface area contributed by atoms with Gasteiger partial charge in [-0.05, 0) is 193 Å². The molecule has 0 aliphatic carbocycles. The fraction of sp³-hybridized carbons (Fsp3) is 0.151. The zero-order valence-electron chi connectivity index (χ0n) is 61.2. The van der Waals surface area contributed by atoms with E-state index in [9.17, 15) is 8.00 Å². The van der Waals surface area contributed by atoms with Gasteiger partial charge in [0.2, 0.25) is 0 Å². The molecule has 92 heavy (non-hydrogen) atoms. The van der Waals surface area contributed by atoms with Crippen molar-refractivity contribution in [2.75, 3.05) is 9.80 Å². The van der Waals surface area contributed by atoms with Gasteiger partial charge in [-0.2, -0.15) is 5.26 Å². The third-order valence-electron chi connectivity index (χ3n) is 19.1. The molecule has 0 bridgehead atoms. The molecule has 0 amide bonds. The van der Waals surface area contributed by atoms with E-state index in [1.807, 2.05) is 66.7 Å². The molecular formula is C86H72BN5. The number of rotatable bonds is 7. The molecule has 2 aliphatic heterocycles. The summed E-state index contributed by atoms with van der Waals surface area (Å²) >= 11 is 0. The Kier molecular flexibility index (Phi) is 11.0. The van der Waals surface area contributed by atoms with E-state index >= 15 is 0 Å². The number of aromatic nitrogens is 2. The number of para-hydroxylation sites is 2. The minimum atomic E-state index is -2.30. The second kappa shape index (κ2) is 21.0. The molecule has 0 fully saturated rings. The Balaban J connectivity index is 1.04. The van der Waals surface area contributed by atoms with Crippen molar-refractivity contribution in [3.8, 4) is 50.8 Å². The summed E-state index contributed by atoms with van der Waals surface area (Å²) in [5.41, 5.74) is 21.0. The van der Waals surface area contributed by atoms with Gasteiger partial charge in [-0.3, -0.25) is 0 Å². The minimum Gasteiger partial charge on any atom is -0.311 e. The van der Waals surface area contributed by atoms with Gasteiger partial charge >= 0.3 is 0 Å². The summed E-state index contributed by atoms with van der Waals surface area (Å²) in [4.78, 5) is 4.61. The number of hydrogen-bond donors (Lipinski definition) is 0. The zero-order chi connectivity index (χ0) is 70.0. The first kappa shape index (κ1) is 48.3. The van der Waals surface area contributed by atoms with Crippen molar-refractivity contribution in [2.45, 2.75) is 85.4 Å². The zero-order valence-corrected chi connectivity index (χ0v) is 53.2. The first-order valence-electron chi connectivity index (χ1n) is 35.7. The summed E-state index contributed by atoms with van der Waals surface area (Å²) in [5, 5.41) is 16.2. The standard InChI is InChI=1S/C86H72BN5/c1-54-29-31-57(32-30-54)61-43-60(56-23-15-12-16-24-56)44-67(45-61)91-80-52-66(90-76-41-35-62(84(2,3)4)47-70(76)71-48-63(85(5,6)7)36-42-77(71)90)38-40-73(80)87-72-39-34-58(55-21-13-11-14-22-55)46-79(72)92(82-50-64(86(8,9)10)49-81(91)83(82)87)78-51-65(37-33-59(78)53-88)89-74-27-19-17-25-68(74)69-26-18-20-28-75(69)89/h11-52H,1-10H3/i1D3,11D,13D,14D,21D,22D. The first-order valence-corrected chi connectivity index (χ1v) is 31.7. The molecule has 2 aliphatic rings. The van der Waals surface area contributed by atoms with E-state index in [2.05, 4.69) is 233 Å². The molecule has 16 rings (SSSR count). The highest BCUT2D eigenvalue weighted by Crippen LogP contribution is 2.50. The lowest BCUT2D eigenvalue weighted by Gasteiger charge is -2.45. The number of benzene rings is 12.